The minimum absolute atomic E-state index is 0.121. The molecule has 2 aliphatic rings. The molecular formula is C24H26ClN7O3. The number of aromatic nitrogens is 2. The van der Waals surface area contributed by atoms with Crippen LogP contribution in [0.5, 0.6) is 5.75 Å². The molecule has 2 saturated heterocycles. The van der Waals surface area contributed by atoms with Crippen molar-refractivity contribution in [3.63, 3.8) is 0 Å². The highest BCUT2D eigenvalue weighted by Crippen LogP contribution is 2.29. The number of halogens is 1. The monoisotopic (exact) mass is 495 g/mol. The number of ether oxygens (including phenoxy) is 1. The Hall–Kier alpha value is -3.60. The molecule has 3 heterocycles. The number of carbonyl (C=O) groups excluding carboxylic acids is 2. The molecule has 11 heteroatoms. The Morgan fingerprint density at radius 2 is 2.00 bits per heavy atom. The van der Waals surface area contributed by atoms with E-state index >= 15 is 0 Å². The van der Waals surface area contributed by atoms with Crippen molar-refractivity contribution in [3.8, 4) is 5.75 Å². The first-order valence-corrected chi connectivity index (χ1v) is 11.7. The van der Waals surface area contributed by atoms with Gasteiger partial charge in [-0.2, -0.15) is 5.10 Å². The minimum Gasteiger partial charge on any atom is -0.484 e. The van der Waals surface area contributed by atoms with Crippen molar-refractivity contribution in [2.45, 2.75) is 26.3 Å². The third-order valence-corrected chi connectivity index (χ3v) is 6.17. The summed E-state index contributed by atoms with van der Waals surface area (Å²) in [5.74, 6) is 0.274. The molecule has 3 unspecified atom stereocenters. The highest BCUT2D eigenvalue weighted by molar-refractivity contribution is 6.30. The lowest BCUT2D eigenvalue weighted by molar-refractivity contribution is -0.129. The summed E-state index contributed by atoms with van der Waals surface area (Å²) in [4.78, 5) is 25.5. The Kier molecular flexibility index (Phi) is 6.33. The normalized spacial score (nSPS) is 21.4. The smallest absolute Gasteiger partial charge is 0.263 e. The Morgan fingerprint density at radius 1 is 1.20 bits per heavy atom. The average Bonchev–Trinajstić information content (AvgIpc) is 3.42. The van der Waals surface area contributed by atoms with Crippen LogP contribution in [0.4, 0.5) is 11.5 Å². The molecule has 182 valence electrons. The fraction of sp³-hybridized carbons (Fsp3) is 0.292. The van der Waals surface area contributed by atoms with Crippen LogP contribution in [0.25, 0.3) is 0 Å². The lowest BCUT2D eigenvalue weighted by Gasteiger charge is -2.37. The summed E-state index contributed by atoms with van der Waals surface area (Å²) < 4.78 is 7.14. The number of nitrogens with one attached hydrogen (secondary N) is 4. The van der Waals surface area contributed by atoms with E-state index in [-0.39, 0.29) is 30.5 Å². The van der Waals surface area contributed by atoms with Gasteiger partial charge < -0.3 is 15.4 Å². The van der Waals surface area contributed by atoms with Crippen molar-refractivity contribution >= 4 is 34.9 Å². The molecular weight excluding hydrogens is 470 g/mol. The van der Waals surface area contributed by atoms with E-state index in [9.17, 15) is 9.59 Å². The molecule has 3 atom stereocenters. The second kappa shape index (κ2) is 9.57. The molecule has 3 aromatic rings. The molecule has 35 heavy (non-hydrogen) atoms. The van der Waals surface area contributed by atoms with Crippen molar-refractivity contribution in [1.82, 2.24) is 25.8 Å². The Bertz CT molecular complexity index is 1250. The molecule has 1 aromatic heterocycles. The summed E-state index contributed by atoms with van der Waals surface area (Å²) in [6.07, 6.45) is -1.02. The van der Waals surface area contributed by atoms with Gasteiger partial charge in [0.15, 0.2) is 12.9 Å². The zero-order chi connectivity index (χ0) is 24.5. The Morgan fingerprint density at radius 3 is 2.77 bits per heavy atom. The van der Waals surface area contributed by atoms with Crippen LogP contribution in [0.15, 0.2) is 54.6 Å². The van der Waals surface area contributed by atoms with Gasteiger partial charge in [-0.1, -0.05) is 35.4 Å². The first kappa shape index (κ1) is 23.2. The van der Waals surface area contributed by atoms with Crippen LogP contribution in [0.1, 0.15) is 17.5 Å². The van der Waals surface area contributed by atoms with E-state index in [1.165, 1.54) is 0 Å². The molecule has 0 saturated carbocycles. The van der Waals surface area contributed by atoms with Crippen LogP contribution in [-0.2, 0) is 9.59 Å². The molecule has 2 aromatic carbocycles. The number of aryl methyl sites for hydroxylation is 2. The average molecular weight is 496 g/mol. The molecule has 0 aliphatic carbocycles. The number of nitrogens with zero attached hydrogens (tertiary/aromatic N) is 3. The Balaban J connectivity index is 1.30. The highest BCUT2D eigenvalue weighted by atomic mass is 35.5. The van der Waals surface area contributed by atoms with Crippen LogP contribution in [0.3, 0.4) is 0 Å². The summed E-state index contributed by atoms with van der Waals surface area (Å²) in [6.45, 7) is 4.11. The van der Waals surface area contributed by atoms with Crippen molar-refractivity contribution in [3.05, 3.63) is 70.9 Å². The number of amides is 2. The maximum atomic E-state index is 12.9. The number of benzene rings is 2. The molecule has 2 fully saturated rings. The van der Waals surface area contributed by atoms with Gasteiger partial charge in [-0.15, -0.1) is 0 Å². The molecule has 10 nitrogen and oxygen atoms in total. The van der Waals surface area contributed by atoms with E-state index in [0.29, 0.717) is 28.8 Å². The lowest BCUT2D eigenvalue weighted by atomic mass is 10.0. The molecule has 2 aliphatic heterocycles. The molecule has 4 N–H and O–H groups in total. The van der Waals surface area contributed by atoms with Gasteiger partial charge in [-0.05, 0) is 44.2 Å². The van der Waals surface area contributed by atoms with E-state index in [0.717, 1.165) is 11.3 Å². The van der Waals surface area contributed by atoms with E-state index < -0.39 is 6.29 Å². The first-order valence-electron chi connectivity index (χ1n) is 11.3. The summed E-state index contributed by atoms with van der Waals surface area (Å²) in [5.41, 5.74) is 5.90. The highest BCUT2D eigenvalue weighted by Gasteiger charge is 2.45. The molecule has 5 rings (SSSR count). The predicted octanol–water partition coefficient (Wildman–Crippen LogP) is 2.31. The minimum atomic E-state index is -0.674. The molecule has 2 amide bonds. The van der Waals surface area contributed by atoms with E-state index in [1.54, 1.807) is 16.8 Å². The van der Waals surface area contributed by atoms with Crippen LogP contribution in [0, 0.1) is 19.8 Å². The van der Waals surface area contributed by atoms with E-state index in [1.807, 2.05) is 61.3 Å². The van der Waals surface area contributed by atoms with Crippen molar-refractivity contribution < 1.29 is 14.3 Å². The molecule has 0 bridgehead atoms. The van der Waals surface area contributed by atoms with Gasteiger partial charge in [0, 0.05) is 17.6 Å². The largest absolute Gasteiger partial charge is 0.484 e. The van der Waals surface area contributed by atoms with Crippen molar-refractivity contribution in [2.75, 3.05) is 23.5 Å². The summed E-state index contributed by atoms with van der Waals surface area (Å²) in [6, 6.07) is 16.6. The van der Waals surface area contributed by atoms with Crippen LogP contribution in [-0.4, -0.2) is 40.9 Å². The third kappa shape index (κ3) is 4.95. The van der Waals surface area contributed by atoms with Crippen LogP contribution < -0.4 is 31.1 Å². The zero-order valence-corrected chi connectivity index (χ0v) is 20.0. The topological polar surface area (TPSA) is 113 Å². The van der Waals surface area contributed by atoms with Gasteiger partial charge in [-0.3, -0.25) is 19.9 Å². The van der Waals surface area contributed by atoms with Gasteiger partial charge in [0.05, 0.1) is 17.3 Å². The maximum Gasteiger partial charge on any atom is 0.263 e. The maximum absolute atomic E-state index is 12.9. The number of hydrazine groups is 1. The van der Waals surface area contributed by atoms with Gasteiger partial charge in [0.2, 0.25) is 5.91 Å². The van der Waals surface area contributed by atoms with Crippen LogP contribution in [0.2, 0.25) is 5.02 Å². The number of anilines is 2. The number of hydrogen-bond donors (Lipinski definition) is 4. The van der Waals surface area contributed by atoms with Gasteiger partial charge in [-0.25, -0.2) is 10.1 Å². The SMILES string of the molecule is Cc1ccc(OCC(=O)Nc2cc(C)nn2C2NC(=O)C3CNN(c4cccc(Cl)c4)C3N2)cc1. The van der Waals surface area contributed by atoms with Gasteiger partial charge in [0.1, 0.15) is 17.7 Å². The second-order valence-corrected chi connectivity index (χ2v) is 9.04. The first-order chi connectivity index (χ1) is 16.9. The second-order valence-electron chi connectivity index (χ2n) is 8.61. The van der Waals surface area contributed by atoms with Crippen LogP contribution >= 0.6 is 11.6 Å². The zero-order valence-electron chi connectivity index (χ0n) is 19.3. The summed E-state index contributed by atoms with van der Waals surface area (Å²) >= 11 is 6.18. The van der Waals surface area contributed by atoms with E-state index in [2.05, 4.69) is 26.5 Å². The number of carbonyl (C=O) groups is 2. The third-order valence-electron chi connectivity index (χ3n) is 5.93. The predicted molar refractivity (Wildman–Crippen MR) is 132 cm³/mol. The van der Waals surface area contributed by atoms with Crippen molar-refractivity contribution in [1.29, 1.82) is 0 Å². The fourth-order valence-corrected chi connectivity index (χ4v) is 4.42. The number of fused-ring (bicyclic) bond motifs is 1. The van der Waals surface area contributed by atoms with E-state index in [4.69, 9.17) is 16.3 Å². The molecule has 0 radical (unpaired) electrons. The number of rotatable bonds is 6. The Labute approximate surface area is 207 Å². The lowest BCUT2D eigenvalue weighted by Crippen LogP contribution is -2.61. The van der Waals surface area contributed by atoms with Gasteiger partial charge >= 0.3 is 0 Å². The quantitative estimate of drug-likeness (QED) is 0.415. The summed E-state index contributed by atoms with van der Waals surface area (Å²) in [5, 5.41) is 16.2. The molecule has 0 spiro atoms. The van der Waals surface area contributed by atoms with Crippen molar-refractivity contribution in [2.24, 2.45) is 5.92 Å². The van der Waals surface area contributed by atoms with Gasteiger partial charge in [0.25, 0.3) is 5.91 Å². The number of hydrogen-bond acceptors (Lipinski definition) is 7. The standard InChI is InChI=1S/C24H26ClN7O3/c1-14-6-8-18(9-7-14)35-13-21(33)27-20-10-15(2)30-32(20)24-28-22-19(23(34)29-24)12-26-31(22)17-5-3-4-16(25)11-17/h3-11,19,22,24,26,28H,12-13H2,1-2H3,(H,27,33)(H,29,34). The summed E-state index contributed by atoms with van der Waals surface area (Å²) in [7, 11) is 0. The fourth-order valence-electron chi connectivity index (χ4n) is 4.24.